The molecule has 100 valence electrons. The Morgan fingerprint density at radius 2 is 1.60 bits per heavy atom. The summed E-state index contributed by atoms with van der Waals surface area (Å²) in [5.41, 5.74) is 2.71. The lowest BCUT2D eigenvalue weighted by molar-refractivity contribution is 0.195. The molecule has 1 heterocycles. The first-order valence-electron chi connectivity index (χ1n) is 6.31. The second-order valence-corrected chi connectivity index (χ2v) is 4.56. The van der Waals surface area contributed by atoms with Crippen molar-refractivity contribution in [1.82, 2.24) is 9.71 Å². The van der Waals surface area contributed by atoms with Gasteiger partial charge in [0.15, 0.2) is 5.82 Å². The zero-order valence-electron chi connectivity index (χ0n) is 11.0. The smallest absolute Gasteiger partial charge is 0.179 e. The number of hydrogen-bond acceptors (Lipinski definition) is 3. The van der Waals surface area contributed by atoms with E-state index in [4.69, 9.17) is 0 Å². The van der Waals surface area contributed by atoms with E-state index in [1.54, 1.807) is 24.3 Å². The van der Waals surface area contributed by atoms with Crippen molar-refractivity contribution in [3.8, 4) is 28.4 Å². The van der Waals surface area contributed by atoms with Crippen LogP contribution in [0.25, 0.3) is 22.6 Å². The number of phenols is 1. The number of phenolic OH excluding ortho intramolecular Hbond substituents is 1. The highest BCUT2D eigenvalue weighted by Gasteiger charge is 2.18. The predicted octanol–water partition coefficient (Wildman–Crippen LogP) is 3.47. The van der Waals surface area contributed by atoms with Crippen LogP contribution in [-0.2, 0) is 0 Å². The summed E-state index contributed by atoms with van der Waals surface area (Å²) < 4.78 is 1.03. The lowest BCUT2D eigenvalue weighted by Gasteiger charge is -2.06. The number of hydrogen-bond donors (Lipinski definition) is 2. The van der Waals surface area contributed by atoms with Gasteiger partial charge in [-0.2, -0.15) is 4.73 Å². The molecule has 0 unspecified atom stereocenters. The number of aryl methyl sites for hydroxylation is 1. The first-order chi connectivity index (χ1) is 9.68. The standard InChI is InChI=1S/C16H14N2O2/c1-11-15(12-7-3-2-4-8-12)18(20)16(17-11)13-9-5-6-10-14(13)19/h2-10,19-20H,1H3. The number of aromatic hydroxyl groups is 1. The molecular weight excluding hydrogens is 252 g/mol. The SMILES string of the molecule is Cc1nc(-c2ccccc2O)n(O)c1-c1ccccc1. The average molecular weight is 266 g/mol. The third-order valence-electron chi connectivity index (χ3n) is 3.22. The minimum atomic E-state index is 0.0902. The number of aromatic nitrogens is 2. The summed E-state index contributed by atoms with van der Waals surface area (Å²) in [6, 6.07) is 16.4. The Balaban J connectivity index is 2.20. The molecule has 3 rings (SSSR count). The van der Waals surface area contributed by atoms with Crippen molar-refractivity contribution >= 4 is 0 Å². The van der Waals surface area contributed by atoms with Crippen LogP contribution in [0.1, 0.15) is 5.69 Å². The molecular formula is C16H14N2O2. The molecule has 0 aliphatic heterocycles. The summed E-state index contributed by atoms with van der Waals surface area (Å²) >= 11 is 0. The van der Waals surface area contributed by atoms with Crippen molar-refractivity contribution in [2.45, 2.75) is 6.92 Å². The van der Waals surface area contributed by atoms with Gasteiger partial charge in [0.2, 0.25) is 0 Å². The number of rotatable bonds is 2. The molecule has 0 spiro atoms. The van der Waals surface area contributed by atoms with Crippen LogP contribution in [0.15, 0.2) is 54.6 Å². The van der Waals surface area contributed by atoms with Crippen LogP contribution in [0.2, 0.25) is 0 Å². The van der Waals surface area contributed by atoms with Gasteiger partial charge in [0.1, 0.15) is 11.4 Å². The molecule has 4 heteroatoms. The quantitative estimate of drug-likeness (QED) is 0.698. The van der Waals surface area contributed by atoms with Crippen LogP contribution in [0, 0.1) is 6.92 Å². The summed E-state index contributed by atoms with van der Waals surface area (Å²) in [7, 11) is 0. The fourth-order valence-electron chi connectivity index (χ4n) is 2.28. The van der Waals surface area contributed by atoms with Gasteiger partial charge < -0.3 is 10.3 Å². The molecule has 0 aliphatic carbocycles. The first kappa shape index (κ1) is 12.3. The number of benzene rings is 2. The van der Waals surface area contributed by atoms with Crippen molar-refractivity contribution in [2.75, 3.05) is 0 Å². The van der Waals surface area contributed by atoms with Crippen LogP contribution in [0.4, 0.5) is 0 Å². The van der Waals surface area contributed by atoms with Crippen LogP contribution >= 0.6 is 0 Å². The second-order valence-electron chi connectivity index (χ2n) is 4.56. The van der Waals surface area contributed by atoms with Crippen molar-refractivity contribution in [1.29, 1.82) is 0 Å². The summed E-state index contributed by atoms with van der Waals surface area (Å²) in [5.74, 6) is 0.423. The van der Waals surface area contributed by atoms with E-state index in [-0.39, 0.29) is 5.75 Å². The summed E-state index contributed by atoms with van der Waals surface area (Å²) in [5, 5.41) is 20.3. The topological polar surface area (TPSA) is 58.3 Å². The molecule has 3 aromatic rings. The molecule has 0 aliphatic rings. The largest absolute Gasteiger partial charge is 0.507 e. The zero-order chi connectivity index (χ0) is 14.1. The van der Waals surface area contributed by atoms with Crippen molar-refractivity contribution in [3.63, 3.8) is 0 Å². The van der Waals surface area contributed by atoms with E-state index in [0.29, 0.717) is 22.8 Å². The molecule has 4 nitrogen and oxygen atoms in total. The van der Waals surface area contributed by atoms with Crippen molar-refractivity contribution < 1.29 is 10.3 Å². The maximum absolute atomic E-state index is 10.4. The first-order valence-corrected chi connectivity index (χ1v) is 6.31. The molecule has 0 amide bonds. The molecule has 0 saturated heterocycles. The predicted molar refractivity (Wildman–Crippen MR) is 76.7 cm³/mol. The Morgan fingerprint density at radius 3 is 2.30 bits per heavy atom. The Bertz CT molecular complexity index is 748. The lowest BCUT2D eigenvalue weighted by Crippen LogP contribution is -1.97. The molecule has 0 radical (unpaired) electrons. The van der Waals surface area contributed by atoms with Crippen LogP contribution in [-0.4, -0.2) is 20.0 Å². The van der Waals surface area contributed by atoms with E-state index < -0.39 is 0 Å². The molecule has 0 fully saturated rings. The normalized spacial score (nSPS) is 10.7. The average Bonchev–Trinajstić information content (AvgIpc) is 2.75. The van der Waals surface area contributed by atoms with Crippen LogP contribution < -0.4 is 0 Å². The van der Waals surface area contributed by atoms with E-state index >= 15 is 0 Å². The molecule has 0 saturated carbocycles. The minimum Gasteiger partial charge on any atom is -0.507 e. The molecule has 1 aromatic heterocycles. The maximum atomic E-state index is 10.4. The highest BCUT2D eigenvalue weighted by Crippen LogP contribution is 2.32. The fourth-order valence-corrected chi connectivity index (χ4v) is 2.28. The Hall–Kier alpha value is -2.75. The van der Waals surface area contributed by atoms with E-state index in [2.05, 4.69) is 4.98 Å². The van der Waals surface area contributed by atoms with Gasteiger partial charge in [0.05, 0.1) is 11.3 Å². The fraction of sp³-hybridized carbons (Fsp3) is 0.0625. The van der Waals surface area contributed by atoms with Gasteiger partial charge >= 0.3 is 0 Å². The third-order valence-corrected chi connectivity index (χ3v) is 3.22. The van der Waals surface area contributed by atoms with Gasteiger partial charge in [-0.3, -0.25) is 0 Å². The van der Waals surface area contributed by atoms with Crippen LogP contribution in [0.5, 0.6) is 5.75 Å². The van der Waals surface area contributed by atoms with E-state index in [1.807, 2.05) is 37.3 Å². The molecule has 2 N–H and O–H groups in total. The Kier molecular flexibility index (Phi) is 2.91. The van der Waals surface area contributed by atoms with E-state index in [1.165, 1.54) is 0 Å². The van der Waals surface area contributed by atoms with Gasteiger partial charge in [-0.15, -0.1) is 0 Å². The third kappa shape index (κ3) is 1.91. The maximum Gasteiger partial charge on any atom is 0.179 e. The number of nitrogens with zero attached hydrogens (tertiary/aromatic N) is 2. The Labute approximate surface area is 116 Å². The van der Waals surface area contributed by atoms with Gasteiger partial charge in [0, 0.05) is 5.56 Å². The highest BCUT2D eigenvalue weighted by atomic mass is 16.5. The van der Waals surface area contributed by atoms with Crippen LogP contribution in [0.3, 0.4) is 0 Å². The van der Waals surface area contributed by atoms with Gasteiger partial charge in [-0.25, -0.2) is 4.98 Å². The highest BCUT2D eigenvalue weighted by molar-refractivity contribution is 5.70. The molecule has 0 bridgehead atoms. The Morgan fingerprint density at radius 1 is 0.950 bits per heavy atom. The molecule has 20 heavy (non-hydrogen) atoms. The summed E-state index contributed by atoms with van der Waals surface area (Å²) in [6.07, 6.45) is 0. The van der Waals surface area contributed by atoms with Gasteiger partial charge in [0.25, 0.3) is 0 Å². The summed E-state index contributed by atoms with van der Waals surface area (Å²) in [4.78, 5) is 4.37. The van der Waals surface area contributed by atoms with Gasteiger partial charge in [-0.1, -0.05) is 42.5 Å². The molecule has 0 atom stereocenters. The van der Waals surface area contributed by atoms with Crippen molar-refractivity contribution in [2.24, 2.45) is 0 Å². The van der Waals surface area contributed by atoms with E-state index in [9.17, 15) is 10.3 Å². The van der Waals surface area contributed by atoms with Crippen molar-refractivity contribution in [3.05, 3.63) is 60.3 Å². The monoisotopic (exact) mass is 266 g/mol. The number of imidazole rings is 1. The van der Waals surface area contributed by atoms with Gasteiger partial charge in [-0.05, 0) is 19.1 Å². The summed E-state index contributed by atoms with van der Waals surface area (Å²) in [6.45, 7) is 1.83. The van der Waals surface area contributed by atoms with E-state index in [0.717, 1.165) is 10.3 Å². The number of para-hydroxylation sites is 1. The lowest BCUT2D eigenvalue weighted by atomic mass is 10.1. The second kappa shape index (κ2) is 4.74. The minimum absolute atomic E-state index is 0.0902. The molecule has 2 aromatic carbocycles. The zero-order valence-corrected chi connectivity index (χ0v) is 11.0.